The van der Waals surface area contributed by atoms with Crippen LogP contribution in [0.3, 0.4) is 0 Å². The maximum atomic E-state index is 12.9. The van der Waals surface area contributed by atoms with E-state index in [0.717, 1.165) is 52.7 Å². The highest BCUT2D eigenvalue weighted by Gasteiger charge is 2.28. The van der Waals surface area contributed by atoms with Gasteiger partial charge in [-0.3, -0.25) is 9.78 Å². The van der Waals surface area contributed by atoms with Crippen LogP contribution >= 0.6 is 11.3 Å². The Morgan fingerprint density at radius 1 is 1.25 bits per heavy atom. The number of hydrogen-bond donors (Lipinski definition) is 0. The normalized spacial score (nSPS) is 16.8. The van der Waals surface area contributed by atoms with Gasteiger partial charge in [0.1, 0.15) is 10.6 Å². The number of benzene rings is 1. The van der Waals surface area contributed by atoms with Crippen LogP contribution in [-0.2, 0) is 0 Å². The molecule has 3 aromatic rings. The number of nitrogens with zero attached hydrogens (tertiary/aromatic N) is 3. The average molecular weight is 394 g/mol. The Labute approximate surface area is 169 Å². The van der Waals surface area contributed by atoms with E-state index in [0.29, 0.717) is 6.54 Å². The summed E-state index contributed by atoms with van der Waals surface area (Å²) in [6.07, 6.45) is 2.03. The fourth-order valence-corrected chi connectivity index (χ4v) is 4.45. The molecule has 3 heterocycles. The van der Waals surface area contributed by atoms with Gasteiger partial charge >= 0.3 is 0 Å². The molecule has 2 aromatic heterocycles. The van der Waals surface area contributed by atoms with Gasteiger partial charge in [0.15, 0.2) is 0 Å². The van der Waals surface area contributed by atoms with Crippen LogP contribution in [0.4, 0.5) is 0 Å². The smallest absolute Gasteiger partial charge is 0.265 e. The molecule has 6 heteroatoms. The Morgan fingerprint density at radius 2 is 2.11 bits per heavy atom. The van der Waals surface area contributed by atoms with Crippen molar-refractivity contribution in [1.29, 1.82) is 0 Å². The van der Waals surface area contributed by atoms with Crippen molar-refractivity contribution in [3.05, 3.63) is 64.2 Å². The van der Waals surface area contributed by atoms with Gasteiger partial charge in [0.25, 0.3) is 5.91 Å². The van der Waals surface area contributed by atoms with Crippen LogP contribution in [0, 0.1) is 6.92 Å². The van der Waals surface area contributed by atoms with Gasteiger partial charge in [-0.1, -0.05) is 18.2 Å². The van der Waals surface area contributed by atoms with E-state index in [1.165, 1.54) is 11.3 Å². The van der Waals surface area contributed by atoms with Gasteiger partial charge in [0.05, 0.1) is 24.0 Å². The van der Waals surface area contributed by atoms with Crippen LogP contribution < -0.4 is 4.74 Å². The highest BCUT2D eigenvalue weighted by atomic mass is 32.1. The lowest BCUT2D eigenvalue weighted by molar-refractivity contribution is 0.0710. The zero-order valence-electron chi connectivity index (χ0n) is 16.1. The molecule has 1 aliphatic heterocycles. The first-order chi connectivity index (χ1) is 13.7. The number of amides is 1. The summed E-state index contributed by atoms with van der Waals surface area (Å²) in [4.78, 5) is 24.7. The summed E-state index contributed by atoms with van der Waals surface area (Å²) in [5.74, 6) is 1.16. The van der Waals surface area contributed by atoms with Crippen LogP contribution in [0.5, 0.6) is 5.75 Å². The number of pyridine rings is 1. The molecular formula is C22H23N3O2S. The third-order valence-corrected chi connectivity index (χ3v) is 6.12. The van der Waals surface area contributed by atoms with Crippen LogP contribution in [0.25, 0.3) is 11.3 Å². The third kappa shape index (κ3) is 3.78. The van der Waals surface area contributed by atoms with Crippen molar-refractivity contribution in [3.8, 4) is 17.0 Å². The Bertz CT molecular complexity index is 985. The highest BCUT2D eigenvalue weighted by Crippen LogP contribution is 2.30. The van der Waals surface area contributed by atoms with E-state index >= 15 is 0 Å². The van der Waals surface area contributed by atoms with Gasteiger partial charge < -0.3 is 9.64 Å². The number of hydrogen-bond acceptors (Lipinski definition) is 5. The Kier molecular flexibility index (Phi) is 5.39. The van der Waals surface area contributed by atoms with Gasteiger partial charge in [0, 0.05) is 30.3 Å². The molecule has 4 rings (SSSR count). The first-order valence-electron chi connectivity index (χ1n) is 9.46. The van der Waals surface area contributed by atoms with Crippen LogP contribution in [0.15, 0.2) is 48.0 Å². The first kappa shape index (κ1) is 18.6. The number of ether oxygens (including phenoxy) is 1. The van der Waals surface area contributed by atoms with Crippen molar-refractivity contribution < 1.29 is 9.53 Å². The summed E-state index contributed by atoms with van der Waals surface area (Å²) in [5, 5.41) is 0. The molecule has 0 saturated carbocycles. The number of carbonyl (C=O) groups excluding carboxylic acids is 1. The maximum absolute atomic E-state index is 12.9. The van der Waals surface area contributed by atoms with Gasteiger partial charge in [-0.2, -0.15) is 0 Å². The average Bonchev–Trinajstić information content (AvgIpc) is 3.19. The lowest BCUT2D eigenvalue weighted by Crippen LogP contribution is -2.39. The second kappa shape index (κ2) is 8.10. The monoisotopic (exact) mass is 393 g/mol. The SMILES string of the molecule is COc1cccc(-c2cccc([C@H]3CCCN(C(=O)c4scnc4C)C3)n2)c1. The molecule has 0 bridgehead atoms. The molecule has 1 fully saturated rings. The van der Waals surface area contributed by atoms with Crippen molar-refractivity contribution in [2.45, 2.75) is 25.7 Å². The van der Waals surface area contributed by atoms with Crippen LogP contribution in [0.1, 0.15) is 39.8 Å². The molecule has 28 heavy (non-hydrogen) atoms. The van der Waals surface area contributed by atoms with Gasteiger partial charge in [0.2, 0.25) is 0 Å². The quantitative estimate of drug-likeness (QED) is 0.653. The predicted molar refractivity (Wildman–Crippen MR) is 111 cm³/mol. The van der Waals surface area contributed by atoms with Gasteiger partial charge in [-0.05, 0) is 44.0 Å². The number of aryl methyl sites for hydroxylation is 1. The largest absolute Gasteiger partial charge is 0.497 e. The highest BCUT2D eigenvalue weighted by molar-refractivity contribution is 7.11. The van der Waals surface area contributed by atoms with Gasteiger partial charge in [-0.15, -0.1) is 11.3 Å². The summed E-state index contributed by atoms with van der Waals surface area (Å²) < 4.78 is 5.33. The maximum Gasteiger partial charge on any atom is 0.265 e. The van der Waals surface area contributed by atoms with Crippen molar-refractivity contribution in [1.82, 2.24) is 14.9 Å². The Morgan fingerprint density at radius 3 is 2.89 bits per heavy atom. The Balaban J connectivity index is 1.55. The van der Waals surface area contributed by atoms with Crippen molar-refractivity contribution in [3.63, 3.8) is 0 Å². The molecule has 1 aromatic carbocycles. The van der Waals surface area contributed by atoms with Crippen molar-refractivity contribution >= 4 is 17.2 Å². The van der Waals surface area contributed by atoms with E-state index in [4.69, 9.17) is 9.72 Å². The molecule has 1 atom stereocenters. The second-order valence-electron chi connectivity index (χ2n) is 7.04. The molecule has 0 radical (unpaired) electrons. The molecule has 1 aliphatic rings. The van der Waals surface area contributed by atoms with Gasteiger partial charge in [-0.25, -0.2) is 4.98 Å². The lowest BCUT2D eigenvalue weighted by Gasteiger charge is -2.32. The molecule has 1 amide bonds. The number of piperidine rings is 1. The topological polar surface area (TPSA) is 55.3 Å². The molecule has 0 spiro atoms. The molecule has 144 valence electrons. The van der Waals surface area contributed by atoms with Crippen molar-refractivity contribution in [2.75, 3.05) is 20.2 Å². The minimum atomic E-state index is 0.0913. The third-order valence-electron chi connectivity index (χ3n) is 5.20. The first-order valence-corrected chi connectivity index (χ1v) is 10.3. The van der Waals surface area contributed by atoms with E-state index in [9.17, 15) is 4.79 Å². The minimum Gasteiger partial charge on any atom is -0.497 e. The number of rotatable bonds is 4. The zero-order chi connectivity index (χ0) is 19.5. The van der Waals surface area contributed by atoms with Crippen LogP contribution in [0.2, 0.25) is 0 Å². The number of likely N-dealkylation sites (tertiary alicyclic amines) is 1. The summed E-state index contributed by atoms with van der Waals surface area (Å²) >= 11 is 1.42. The molecule has 0 N–H and O–H groups in total. The molecule has 5 nitrogen and oxygen atoms in total. The number of methoxy groups -OCH3 is 1. The predicted octanol–water partition coefficient (Wildman–Crippen LogP) is 4.54. The zero-order valence-corrected chi connectivity index (χ0v) is 16.9. The summed E-state index contributed by atoms with van der Waals surface area (Å²) in [6.45, 7) is 3.39. The molecular weight excluding hydrogens is 370 g/mol. The fraction of sp³-hybridized carbons (Fsp3) is 0.318. The molecule has 0 unspecified atom stereocenters. The fourth-order valence-electron chi connectivity index (χ4n) is 3.68. The van der Waals surface area contributed by atoms with Crippen molar-refractivity contribution in [2.24, 2.45) is 0 Å². The van der Waals surface area contributed by atoms with E-state index in [1.54, 1.807) is 12.6 Å². The molecule has 0 aliphatic carbocycles. The van der Waals surface area contributed by atoms with Crippen LogP contribution in [-0.4, -0.2) is 41.0 Å². The summed E-state index contributed by atoms with van der Waals surface area (Å²) in [5.41, 5.74) is 5.56. The van der Waals surface area contributed by atoms with E-state index in [1.807, 2.05) is 48.2 Å². The standard InChI is InChI=1S/C22H23N3O2S/c1-15-21(28-14-23-15)22(26)25-11-5-7-17(13-25)20-10-4-9-19(24-20)16-6-3-8-18(12-16)27-2/h3-4,6,8-10,12,14,17H,5,7,11,13H2,1-2H3/t17-/m0/s1. The number of aromatic nitrogens is 2. The van der Waals surface area contributed by atoms with E-state index < -0.39 is 0 Å². The molecule has 1 saturated heterocycles. The lowest BCUT2D eigenvalue weighted by atomic mass is 9.93. The van der Waals surface area contributed by atoms with E-state index in [-0.39, 0.29) is 11.8 Å². The Hall–Kier alpha value is -2.73. The van der Waals surface area contributed by atoms with E-state index in [2.05, 4.69) is 11.1 Å². The number of carbonyl (C=O) groups is 1. The summed E-state index contributed by atoms with van der Waals surface area (Å²) in [7, 11) is 1.67. The summed E-state index contributed by atoms with van der Waals surface area (Å²) in [6, 6.07) is 14.1. The minimum absolute atomic E-state index is 0.0913. The number of thiazole rings is 1. The second-order valence-corrected chi connectivity index (χ2v) is 7.89.